The summed E-state index contributed by atoms with van der Waals surface area (Å²) in [5.74, 6) is -0.992. The highest BCUT2D eigenvalue weighted by molar-refractivity contribution is 6.33. The molecule has 3 nitrogen and oxygen atoms in total. The normalized spacial score (nSPS) is 10.1. The minimum atomic E-state index is -0.992. The van der Waals surface area contributed by atoms with E-state index in [9.17, 15) is 4.79 Å². The molecule has 0 bridgehead atoms. The predicted octanol–water partition coefficient (Wildman–Crippen LogP) is 2.15. The fraction of sp³-hybridized carbons (Fsp3) is 0.300. The van der Waals surface area contributed by atoms with Crippen molar-refractivity contribution in [2.45, 2.75) is 13.5 Å². The number of carboxylic acid groups (broad SMARTS) is 1. The van der Waals surface area contributed by atoms with Crippen molar-refractivity contribution in [3.63, 3.8) is 0 Å². The summed E-state index contributed by atoms with van der Waals surface area (Å²) in [6.07, 6.45) is 0. The molecule has 1 aromatic rings. The largest absolute Gasteiger partial charge is 0.478 e. The summed E-state index contributed by atoms with van der Waals surface area (Å²) in [6, 6.07) is 5.02. The Hall–Kier alpha value is -1.06. The number of aromatic carboxylic acids is 1. The lowest BCUT2D eigenvalue weighted by atomic mass is 10.1. The molecular weight excluding hydrogens is 202 g/mol. The van der Waals surface area contributed by atoms with E-state index < -0.39 is 5.97 Å². The Labute approximate surface area is 87.7 Å². The Morgan fingerprint density at radius 1 is 1.57 bits per heavy atom. The van der Waals surface area contributed by atoms with E-state index in [1.165, 1.54) is 0 Å². The van der Waals surface area contributed by atoms with Crippen LogP contribution in [0.25, 0.3) is 0 Å². The molecule has 0 aliphatic carbocycles. The molecule has 2 N–H and O–H groups in total. The first-order valence-electron chi connectivity index (χ1n) is 4.37. The molecular formula is C10H12ClNO2. The van der Waals surface area contributed by atoms with Gasteiger partial charge in [-0.1, -0.05) is 24.6 Å². The van der Waals surface area contributed by atoms with E-state index in [4.69, 9.17) is 16.7 Å². The van der Waals surface area contributed by atoms with Crippen molar-refractivity contribution in [2.75, 3.05) is 6.54 Å². The number of hydrogen-bond acceptors (Lipinski definition) is 2. The predicted molar refractivity (Wildman–Crippen MR) is 55.8 cm³/mol. The second kappa shape index (κ2) is 4.98. The van der Waals surface area contributed by atoms with Gasteiger partial charge in [0.05, 0.1) is 10.6 Å². The minimum Gasteiger partial charge on any atom is -0.478 e. The number of carbonyl (C=O) groups is 1. The van der Waals surface area contributed by atoms with Gasteiger partial charge in [0, 0.05) is 6.54 Å². The fourth-order valence-electron chi connectivity index (χ4n) is 1.12. The molecule has 0 atom stereocenters. The SMILES string of the molecule is CCNCc1ccc(Cl)c(C(=O)O)c1. The molecule has 1 rings (SSSR count). The summed E-state index contributed by atoms with van der Waals surface area (Å²) in [5.41, 5.74) is 1.08. The Balaban J connectivity index is 2.89. The summed E-state index contributed by atoms with van der Waals surface area (Å²) in [4.78, 5) is 10.7. The third-order valence-electron chi connectivity index (χ3n) is 1.84. The molecule has 0 spiro atoms. The van der Waals surface area contributed by atoms with Gasteiger partial charge >= 0.3 is 5.97 Å². The van der Waals surface area contributed by atoms with Crippen molar-refractivity contribution in [1.82, 2.24) is 5.32 Å². The van der Waals surface area contributed by atoms with E-state index in [1.54, 1.807) is 12.1 Å². The maximum Gasteiger partial charge on any atom is 0.337 e. The van der Waals surface area contributed by atoms with Crippen LogP contribution in [0.5, 0.6) is 0 Å². The molecule has 0 saturated heterocycles. The molecule has 0 aliphatic heterocycles. The van der Waals surface area contributed by atoms with Crippen molar-refractivity contribution >= 4 is 17.6 Å². The van der Waals surface area contributed by atoms with Gasteiger partial charge in [0.15, 0.2) is 0 Å². The first-order valence-corrected chi connectivity index (χ1v) is 4.75. The molecule has 4 heteroatoms. The van der Waals surface area contributed by atoms with Crippen molar-refractivity contribution in [3.8, 4) is 0 Å². The zero-order valence-corrected chi connectivity index (χ0v) is 8.64. The number of hydrogen-bond donors (Lipinski definition) is 2. The smallest absolute Gasteiger partial charge is 0.337 e. The van der Waals surface area contributed by atoms with Crippen LogP contribution in [0.3, 0.4) is 0 Å². The highest BCUT2D eigenvalue weighted by Crippen LogP contribution is 2.17. The van der Waals surface area contributed by atoms with Gasteiger partial charge in [-0.05, 0) is 24.2 Å². The van der Waals surface area contributed by atoms with Crippen LogP contribution < -0.4 is 5.32 Å². The number of halogens is 1. The minimum absolute atomic E-state index is 0.155. The summed E-state index contributed by atoms with van der Waals surface area (Å²) >= 11 is 5.72. The Morgan fingerprint density at radius 2 is 2.29 bits per heavy atom. The van der Waals surface area contributed by atoms with Crippen molar-refractivity contribution in [3.05, 3.63) is 34.3 Å². The van der Waals surface area contributed by atoms with Crippen LogP contribution in [0.2, 0.25) is 5.02 Å². The third kappa shape index (κ3) is 2.72. The molecule has 0 amide bonds. The molecule has 0 aromatic heterocycles. The van der Waals surface area contributed by atoms with Crippen LogP contribution in [0.4, 0.5) is 0 Å². The van der Waals surface area contributed by atoms with Gasteiger partial charge in [0.1, 0.15) is 0 Å². The lowest BCUT2D eigenvalue weighted by Crippen LogP contribution is -2.12. The number of carboxylic acids is 1. The second-order valence-corrected chi connectivity index (χ2v) is 3.31. The van der Waals surface area contributed by atoms with Crippen LogP contribution in [0.15, 0.2) is 18.2 Å². The van der Waals surface area contributed by atoms with Gasteiger partial charge in [-0.3, -0.25) is 0 Å². The standard InChI is InChI=1S/C10H12ClNO2/c1-2-12-6-7-3-4-9(11)8(5-7)10(13)14/h3-5,12H,2,6H2,1H3,(H,13,14). The zero-order valence-electron chi connectivity index (χ0n) is 7.88. The maximum atomic E-state index is 10.7. The average Bonchev–Trinajstić information content (AvgIpc) is 2.16. The molecule has 0 unspecified atom stereocenters. The molecule has 0 radical (unpaired) electrons. The van der Waals surface area contributed by atoms with E-state index >= 15 is 0 Å². The fourth-order valence-corrected chi connectivity index (χ4v) is 1.31. The number of benzene rings is 1. The van der Waals surface area contributed by atoms with Gasteiger partial charge < -0.3 is 10.4 Å². The molecule has 76 valence electrons. The molecule has 1 aromatic carbocycles. The summed E-state index contributed by atoms with van der Waals surface area (Å²) < 4.78 is 0. The van der Waals surface area contributed by atoms with Gasteiger partial charge in [-0.15, -0.1) is 0 Å². The van der Waals surface area contributed by atoms with E-state index in [0.717, 1.165) is 12.1 Å². The van der Waals surface area contributed by atoms with Gasteiger partial charge in [0.2, 0.25) is 0 Å². The van der Waals surface area contributed by atoms with E-state index in [0.29, 0.717) is 6.54 Å². The molecule has 0 fully saturated rings. The van der Waals surface area contributed by atoms with Gasteiger partial charge in [-0.25, -0.2) is 4.79 Å². The first-order chi connectivity index (χ1) is 6.65. The zero-order chi connectivity index (χ0) is 10.6. The van der Waals surface area contributed by atoms with Crippen LogP contribution in [-0.4, -0.2) is 17.6 Å². The summed E-state index contributed by atoms with van der Waals surface area (Å²) in [7, 11) is 0. The first kappa shape index (κ1) is 11.0. The van der Waals surface area contributed by atoms with Crippen LogP contribution in [0, 0.1) is 0 Å². The van der Waals surface area contributed by atoms with E-state index in [2.05, 4.69) is 5.32 Å². The lowest BCUT2D eigenvalue weighted by Gasteiger charge is -2.04. The average molecular weight is 214 g/mol. The van der Waals surface area contributed by atoms with E-state index in [1.807, 2.05) is 13.0 Å². The Morgan fingerprint density at radius 3 is 2.86 bits per heavy atom. The van der Waals surface area contributed by atoms with Gasteiger partial charge in [-0.2, -0.15) is 0 Å². The maximum absolute atomic E-state index is 10.7. The molecule has 0 aliphatic rings. The second-order valence-electron chi connectivity index (χ2n) is 2.90. The number of rotatable bonds is 4. The van der Waals surface area contributed by atoms with Crippen LogP contribution >= 0.6 is 11.6 Å². The third-order valence-corrected chi connectivity index (χ3v) is 2.17. The van der Waals surface area contributed by atoms with Crippen molar-refractivity contribution < 1.29 is 9.90 Å². The monoisotopic (exact) mass is 213 g/mol. The Kier molecular flexibility index (Phi) is 3.92. The number of nitrogens with one attached hydrogen (secondary N) is 1. The lowest BCUT2D eigenvalue weighted by molar-refractivity contribution is 0.0697. The molecule has 0 saturated carbocycles. The summed E-state index contributed by atoms with van der Waals surface area (Å²) in [6.45, 7) is 3.51. The molecule has 14 heavy (non-hydrogen) atoms. The molecule has 0 heterocycles. The highest BCUT2D eigenvalue weighted by Gasteiger charge is 2.08. The van der Waals surface area contributed by atoms with Crippen LogP contribution in [-0.2, 0) is 6.54 Å². The Bertz CT molecular complexity index is 339. The topological polar surface area (TPSA) is 49.3 Å². The summed E-state index contributed by atoms with van der Waals surface area (Å²) in [5, 5.41) is 12.2. The highest BCUT2D eigenvalue weighted by atomic mass is 35.5. The van der Waals surface area contributed by atoms with Crippen molar-refractivity contribution in [1.29, 1.82) is 0 Å². The quantitative estimate of drug-likeness (QED) is 0.806. The van der Waals surface area contributed by atoms with E-state index in [-0.39, 0.29) is 10.6 Å². The van der Waals surface area contributed by atoms with Gasteiger partial charge in [0.25, 0.3) is 0 Å². The van der Waals surface area contributed by atoms with Crippen LogP contribution in [0.1, 0.15) is 22.8 Å². The van der Waals surface area contributed by atoms with Crippen molar-refractivity contribution in [2.24, 2.45) is 0 Å².